The standard InChI is InChI=1S/C23H25N5S/c1-15-12-19(17(3)27(15)14-18-7-10-24-11-8-18)22-21(20-6-4-5-9-25-20)26-23-28(22)13-16(2)29-23/h4-12,16,21-22H,13-14H2,1-3H3/t16-,21+,22+/m0/s1. The third-order valence-corrected chi connectivity index (χ3v) is 7.00. The lowest BCUT2D eigenvalue weighted by atomic mass is 9.96. The molecule has 1 fully saturated rings. The zero-order valence-electron chi connectivity index (χ0n) is 17.0. The van der Waals surface area contributed by atoms with E-state index in [0.29, 0.717) is 5.25 Å². The number of aryl methyl sites for hydroxylation is 1. The normalized spacial score (nSPS) is 23.3. The number of fused-ring (bicyclic) bond motifs is 1. The van der Waals surface area contributed by atoms with Gasteiger partial charge in [0, 0.05) is 48.3 Å². The minimum Gasteiger partial charge on any atom is -0.344 e. The summed E-state index contributed by atoms with van der Waals surface area (Å²) in [6, 6.07) is 12.9. The van der Waals surface area contributed by atoms with E-state index in [1.807, 2.05) is 36.4 Å². The summed E-state index contributed by atoms with van der Waals surface area (Å²) in [5.74, 6) is 0. The first kappa shape index (κ1) is 18.4. The van der Waals surface area contributed by atoms with Crippen molar-refractivity contribution in [1.29, 1.82) is 0 Å². The molecule has 0 spiro atoms. The van der Waals surface area contributed by atoms with Gasteiger partial charge < -0.3 is 9.47 Å². The highest BCUT2D eigenvalue weighted by atomic mass is 32.2. The fourth-order valence-corrected chi connectivity index (χ4v) is 5.59. The number of nitrogens with zero attached hydrogens (tertiary/aromatic N) is 5. The Hall–Kier alpha value is -2.60. The Morgan fingerprint density at radius 2 is 1.93 bits per heavy atom. The number of hydrogen-bond donors (Lipinski definition) is 0. The van der Waals surface area contributed by atoms with E-state index >= 15 is 0 Å². The van der Waals surface area contributed by atoms with Crippen LogP contribution in [0.15, 0.2) is 60.0 Å². The lowest BCUT2D eigenvalue weighted by Gasteiger charge is -2.27. The van der Waals surface area contributed by atoms with Gasteiger partial charge in [-0.15, -0.1) is 0 Å². The van der Waals surface area contributed by atoms with Crippen molar-refractivity contribution in [2.75, 3.05) is 6.54 Å². The molecular formula is C23H25N5S. The maximum Gasteiger partial charge on any atom is 0.160 e. The van der Waals surface area contributed by atoms with Crippen LogP contribution in [-0.2, 0) is 6.54 Å². The first-order chi connectivity index (χ1) is 14.1. The van der Waals surface area contributed by atoms with Crippen molar-refractivity contribution >= 4 is 16.9 Å². The molecule has 29 heavy (non-hydrogen) atoms. The molecule has 0 aliphatic carbocycles. The van der Waals surface area contributed by atoms with Crippen LogP contribution in [0, 0.1) is 13.8 Å². The van der Waals surface area contributed by atoms with Gasteiger partial charge in [0.1, 0.15) is 6.04 Å². The molecule has 3 aromatic rings. The second-order valence-corrected chi connectivity index (χ2v) is 9.31. The highest BCUT2D eigenvalue weighted by Crippen LogP contribution is 2.48. The zero-order chi connectivity index (χ0) is 20.0. The van der Waals surface area contributed by atoms with E-state index in [2.05, 4.69) is 70.5 Å². The molecule has 5 rings (SSSR count). The summed E-state index contributed by atoms with van der Waals surface area (Å²) >= 11 is 1.89. The molecule has 6 heteroatoms. The van der Waals surface area contributed by atoms with Gasteiger partial charge in [0.2, 0.25) is 0 Å². The largest absolute Gasteiger partial charge is 0.344 e. The molecule has 2 aliphatic rings. The van der Waals surface area contributed by atoms with Crippen LogP contribution in [0.2, 0.25) is 0 Å². The van der Waals surface area contributed by atoms with E-state index < -0.39 is 0 Å². The van der Waals surface area contributed by atoms with Gasteiger partial charge in [-0.05, 0) is 55.3 Å². The predicted molar refractivity (Wildman–Crippen MR) is 118 cm³/mol. The third-order valence-electron chi connectivity index (χ3n) is 5.90. The summed E-state index contributed by atoms with van der Waals surface area (Å²) in [5.41, 5.74) is 6.27. The fraction of sp³-hybridized carbons (Fsp3) is 0.348. The van der Waals surface area contributed by atoms with Crippen LogP contribution in [0.4, 0.5) is 0 Å². The average molecular weight is 404 g/mol. The van der Waals surface area contributed by atoms with E-state index in [4.69, 9.17) is 4.99 Å². The molecule has 148 valence electrons. The topological polar surface area (TPSA) is 46.3 Å². The smallest absolute Gasteiger partial charge is 0.160 e. The van der Waals surface area contributed by atoms with Crippen LogP contribution in [0.5, 0.6) is 0 Å². The maximum atomic E-state index is 5.12. The summed E-state index contributed by atoms with van der Waals surface area (Å²) in [5, 5.41) is 1.73. The van der Waals surface area contributed by atoms with Crippen LogP contribution in [0.1, 0.15) is 47.2 Å². The fourth-order valence-electron chi connectivity index (χ4n) is 4.50. The first-order valence-electron chi connectivity index (χ1n) is 10.1. The molecule has 3 aromatic heterocycles. The third kappa shape index (κ3) is 3.25. The SMILES string of the molecule is Cc1cc([C@@H]2[C@@H](c3ccccn3)N=C3S[C@@H](C)CN32)c(C)n1Cc1ccncc1. The Kier molecular flexibility index (Phi) is 4.66. The Bertz CT molecular complexity index is 1040. The molecule has 0 N–H and O–H groups in total. The number of aromatic nitrogens is 3. The minimum atomic E-state index is 0.0427. The van der Waals surface area contributed by atoms with Gasteiger partial charge in [-0.3, -0.25) is 15.0 Å². The lowest BCUT2D eigenvalue weighted by molar-refractivity contribution is 0.320. The van der Waals surface area contributed by atoms with Gasteiger partial charge in [-0.25, -0.2) is 0 Å². The van der Waals surface area contributed by atoms with Crippen molar-refractivity contribution in [3.8, 4) is 0 Å². The highest BCUT2D eigenvalue weighted by Gasteiger charge is 2.44. The molecule has 0 bridgehead atoms. The van der Waals surface area contributed by atoms with E-state index in [0.717, 1.165) is 24.0 Å². The van der Waals surface area contributed by atoms with Crippen molar-refractivity contribution in [3.63, 3.8) is 0 Å². The Labute approximate surface area is 175 Å². The summed E-state index contributed by atoms with van der Waals surface area (Å²) in [6.45, 7) is 8.62. The van der Waals surface area contributed by atoms with E-state index in [1.165, 1.54) is 22.5 Å². The molecule has 1 saturated heterocycles. The molecule has 5 nitrogen and oxygen atoms in total. The number of hydrogen-bond acceptors (Lipinski definition) is 5. The number of pyridine rings is 2. The molecule has 5 heterocycles. The summed E-state index contributed by atoms with van der Waals surface area (Å²) in [4.78, 5) is 16.4. The van der Waals surface area contributed by atoms with Crippen molar-refractivity contribution in [3.05, 3.63) is 83.2 Å². The summed E-state index contributed by atoms with van der Waals surface area (Å²) in [7, 11) is 0. The predicted octanol–water partition coefficient (Wildman–Crippen LogP) is 4.53. The minimum absolute atomic E-state index is 0.0427. The Morgan fingerprint density at radius 1 is 1.10 bits per heavy atom. The molecule has 0 unspecified atom stereocenters. The summed E-state index contributed by atoms with van der Waals surface area (Å²) in [6.07, 6.45) is 5.60. The molecular weight excluding hydrogens is 378 g/mol. The van der Waals surface area contributed by atoms with Gasteiger partial charge in [0.05, 0.1) is 11.7 Å². The lowest BCUT2D eigenvalue weighted by Crippen LogP contribution is -2.29. The quantitative estimate of drug-likeness (QED) is 0.642. The van der Waals surface area contributed by atoms with Crippen LogP contribution < -0.4 is 0 Å². The molecule has 0 amide bonds. The van der Waals surface area contributed by atoms with Crippen LogP contribution in [0.25, 0.3) is 0 Å². The number of thioether (sulfide) groups is 1. The van der Waals surface area contributed by atoms with Gasteiger partial charge in [0.25, 0.3) is 0 Å². The molecule has 0 aromatic carbocycles. The number of amidine groups is 1. The van der Waals surface area contributed by atoms with Crippen LogP contribution in [-0.4, -0.2) is 36.4 Å². The molecule has 3 atom stereocenters. The van der Waals surface area contributed by atoms with E-state index in [-0.39, 0.29) is 12.1 Å². The van der Waals surface area contributed by atoms with Crippen molar-refractivity contribution in [2.45, 2.75) is 44.6 Å². The second kappa shape index (κ2) is 7.34. The van der Waals surface area contributed by atoms with Gasteiger partial charge in [-0.1, -0.05) is 24.8 Å². The van der Waals surface area contributed by atoms with E-state index in [9.17, 15) is 0 Å². The molecule has 2 aliphatic heterocycles. The number of rotatable bonds is 4. The Morgan fingerprint density at radius 3 is 2.69 bits per heavy atom. The van der Waals surface area contributed by atoms with Crippen molar-refractivity contribution in [2.24, 2.45) is 4.99 Å². The second-order valence-electron chi connectivity index (χ2n) is 7.90. The van der Waals surface area contributed by atoms with Crippen LogP contribution in [0.3, 0.4) is 0 Å². The highest BCUT2D eigenvalue weighted by molar-refractivity contribution is 8.14. The van der Waals surface area contributed by atoms with E-state index in [1.54, 1.807) is 0 Å². The summed E-state index contributed by atoms with van der Waals surface area (Å²) < 4.78 is 2.41. The number of aliphatic imine (C=N–C) groups is 1. The Balaban J connectivity index is 1.55. The van der Waals surface area contributed by atoms with Gasteiger partial charge in [0.15, 0.2) is 5.17 Å². The zero-order valence-corrected chi connectivity index (χ0v) is 17.8. The van der Waals surface area contributed by atoms with Crippen molar-refractivity contribution in [1.82, 2.24) is 19.4 Å². The van der Waals surface area contributed by atoms with Gasteiger partial charge in [-0.2, -0.15) is 0 Å². The van der Waals surface area contributed by atoms with Crippen LogP contribution >= 0.6 is 11.8 Å². The molecule has 0 radical (unpaired) electrons. The average Bonchev–Trinajstić information content (AvgIpc) is 3.35. The van der Waals surface area contributed by atoms with Gasteiger partial charge >= 0.3 is 0 Å². The monoisotopic (exact) mass is 403 g/mol. The molecule has 0 saturated carbocycles. The maximum absolute atomic E-state index is 5.12. The first-order valence-corrected chi connectivity index (χ1v) is 11.0. The van der Waals surface area contributed by atoms with Crippen molar-refractivity contribution < 1.29 is 0 Å².